The number of carbonyl (C=O) groups excluding carboxylic acids is 1. The number of aromatic nitrogens is 6. The Balaban J connectivity index is 1.94. The Bertz CT molecular complexity index is 1240. The first-order valence-corrected chi connectivity index (χ1v) is 10.8. The van der Waals surface area contributed by atoms with Gasteiger partial charge in [0, 0.05) is 18.7 Å². The Hall–Kier alpha value is -3.76. The van der Waals surface area contributed by atoms with Gasteiger partial charge in [0.25, 0.3) is 11.5 Å². The van der Waals surface area contributed by atoms with Crippen molar-refractivity contribution < 1.29 is 4.79 Å². The monoisotopic (exact) mass is 454 g/mol. The molecule has 176 valence electrons. The largest absolute Gasteiger partial charge is 0.383 e. The molecule has 3 aromatic rings. The zero-order valence-electron chi connectivity index (χ0n) is 19.6. The Morgan fingerprint density at radius 1 is 1.12 bits per heavy atom. The molecule has 11 nitrogen and oxygen atoms in total. The SMILES string of the molecule is Cc1ccc(-c2nnn(CC(=O)N(CC(C)C)c3c(N)n(CC(C)C)c(=O)[nH]c3=O)n2)cc1. The minimum absolute atomic E-state index is 0.0325. The van der Waals surface area contributed by atoms with Crippen LogP contribution >= 0.6 is 0 Å². The van der Waals surface area contributed by atoms with E-state index in [1.807, 2.05) is 58.9 Å². The molecule has 1 aromatic carbocycles. The lowest BCUT2D eigenvalue weighted by Gasteiger charge is -2.26. The molecule has 0 spiro atoms. The van der Waals surface area contributed by atoms with Crippen molar-refractivity contribution in [1.82, 2.24) is 29.8 Å². The lowest BCUT2D eigenvalue weighted by Crippen LogP contribution is -2.44. The molecule has 33 heavy (non-hydrogen) atoms. The van der Waals surface area contributed by atoms with Gasteiger partial charge in [0.15, 0.2) is 5.69 Å². The van der Waals surface area contributed by atoms with E-state index >= 15 is 0 Å². The van der Waals surface area contributed by atoms with Crippen LogP contribution in [0.1, 0.15) is 33.3 Å². The van der Waals surface area contributed by atoms with E-state index in [-0.39, 0.29) is 36.4 Å². The van der Waals surface area contributed by atoms with Crippen LogP contribution in [0.15, 0.2) is 33.9 Å². The summed E-state index contributed by atoms with van der Waals surface area (Å²) >= 11 is 0. The smallest absolute Gasteiger partial charge is 0.330 e. The van der Waals surface area contributed by atoms with Gasteiger partial charge in [-0.2, -0.15) is 4.80 Å². The maximum absolute atomic E-state index is 13.3. The minimum atomic E-state index is -0.710. The van der Waals surface area contributed by atoms with Gasteiger partial charge in [-0.1, -0.05) is 57.5 Å². The highest BCUT2D eigenvalue weighted by Crippen LogP contribution is 2.20. The second kappa shape index (κ2) is 9.80. The standard InChI is InChI=1S/C22H30N8O3/c1-13(2)10-28(18-19(23)29(11-14(3)4)22(33)24-21(18)32)17(31)12-30-26-20(25-27-30)16-8-6-15(5)7-9-16/h6-9,13-14H,10-12,23H2,1-5H3,(H,24,32,33). The van der Waals surface area contributed by atoms with Crippen LogP contribution in [0.2, 0.25) is 0 Å². The van der Waals surface area contributed by atoms with Gasteiger partial charge in [0.2, 0.25) is 5.82 Å². The van der Waals surface area contributed by atoms with Crippen molar-refractivity contribution in [3.05, 3.63) is 50.7 Å². The number of aryl methyl sites for hydroxylation is 1. The number of aromatic amines is 1. The fourth-order valence-corrected chi connectivity index (χ4v) is 3.40. The van der Waals surface area contributed by atoms with E-state index in [1.165, 1.54) is 14.3 Å². The third-order valence-corrected chi connectivity index (χ3v) is 4.92. The van der Waals surface area contributed by atoms with E-state index < -0.39 is 17.2 Å². The first kappa shape index (κ1) is 23.9. The number of amides is 1. The van der Waals surface area contributed by atoms with Gasteiger partial charge in [-0.25, -0.2) is 4.79 Å². The third kappa shape index (κ3) is 5.54. The first-order chi connectivity index (χ1) is 15.6. The fourth-order valence-electron chi connectivity index (χ4n) is 3.40. The number of nitrogens with one attached hydrogen (secondary N) is 1. The van der Waals surface area contributed by atoms with Gasteiger partial charge < -0.3 is 10.6 Å². The quantitative estimate of drug-likeness (QED) is 0.524. The van der Waals surface area contributed by atoms with Crippen molar-refractivity contribution in [2.24, 2.45) is 11.8 Å². The number of nitrogens with zero attached hydrogens (tertiary/aromatic N) is 6. The summed E-state index contributed by atoms with van der Waals surface area (Å²) in [4.78, 5) is 43.0. The molecule has 0 fully saturated rings. The molecule has 0 atom stereocenters. The molecule has 0 radical (unpaired) electrons. The zero-order valence-corrected chi connectivity index (χ0v) is 19.6. The van der Waals surface area contributed by atoms with Crippen molar-refractivity contribution in [2.75, 3.05) is 17.2 Å². The average Bonchev–Trinajstić information content (AvgIpc) is 3.18. The second-order valence-corrected chi connectivity index (χ2v) is 8.91. The molecule has 0 aliphatic heterocycles. The lowest BCUT2D eigenvalue weighted by molar-refractivity contribution is -0.119. The van der Waals surface area contributed by atoms with Gasteiger partial charge in [-0.3, -0.25) is 19.1 Å². The highest BCUT2D eigenvalue weighted by molar-refractivity contribution is 5.95. The normalized spacial score (nSPS) is 11.4. The Kier molecular flexibility index (Phi) is 7.10. The van der Waals surface area contributed by atoms with E-state index in [2.05, 4.69) is 20.4 Å². The van der Waals surface area contributed by atoms with Crippen molar-refractivity contribution in [2.45, 2.75) is 47.7 Å². The maximum atomic E-state index is 13.3. The lowest BCUT2D eigenvalue weighted by atomic mass is 10.1. The van der Waals surface area contributed by atoms with E-state index in [0.717, 1.165) is 11.1 Å². The van der Waals surface area contributed by atoms with Gasteiger partial charge in [-0.15, -0.1) is 10.2 Å². The highest BCUT2D eigenvalue weighted by atomic mass is 16.2. The van der Waals surface area contributed by atoms with Crippen molar-refractivity contribution in [1.29, 1.82) is 0 Å². The van der Waals surface area contributed by atoms with Crippen molar-refractivity contribution in [3.8, 4) is 11.4 Å². The minimum Gasteiger partial charge on any atom is -0.383 e. The molecule has 1 amide bonds. The zero-order chi connectivity index (χ0) is 24.3. The summed E-state index contributed by atoms with van der Waals surface area (Å²) in [7, 11) is 0. The summed E-state index contributed by atoms with van der Waals surface area (Å²) in [6, 6.07) is 7.63. The number of tetrazole rings is 1. The molecule has 0 aliphatic rings. The second-order valence-electron chi connectivity index (χ2n) is 8.91. The van der Waals surface area contributed by atoms with Crippen LogP contribution < -0.4 is 21.9 Å². The maximum Gasteiger partial charge on any atom is 0.330 e. The van der Waals surface area contributed by atoms with Crippen molar-refractivity contribution >= 4 is 17.4 Å². The predicted molar refractivity (Wildman–Crippen MR) is 126 cm³/mol. The molecule has 0 bridgehead atoms. The molecule has 0 aliphatic carbocycles. The van der Waals surface area contributed by atoms with Gasteiger partial charge in [0.1, 0.15) is 12.4 Å². The molecule has 11 heteroatoms. The van der Waals surface area contributed by atoms with Gasteiger partial charge in [0.05, 0.1) is 0 Å². The molecule has 0 saturated carbocycles. The highest BCUT2D eigenvalue weighted by Gasteiger charge is 2.26. The van der Waals surface area contributed by atoms with Gasteiger partial charge >= 0.3 is 5.69 Å². The molecule has 2 heterocycles. The average molecular weight is 455 g/mol. The first-order valence-electron chi connectivity index (χ1n) is 10.8. The van der Waals surface area contributed by atoms with E-state index in [0.29, 0.717) is 12.4 Å². The van der Waals surface area contributed by atoms with Gasteiger partial charge in [-0.05, 0) is 24.0 Å². The number of rotatable bonds is 8. The number of hydrogen-bond acceptors (Lipinski definition) is 7. The molecule has 3 rings (SSSR count). The van der Waals surface area contributed by atoms with E-state index in [1.54, 1.807) is 0 Å². The molecule has 2 aromatic heterocycles. The number of H-pyrrole nitrogens is 1. The summed E-state index contributed by atoms with van der Waals surface area (Å²) in [6.07, 6.45) is 0. The van der Waals surface area contributed by atoms with E-state index in [4.69, 9.17) is 5.73 Å². The van der Waals surface area contributed by atoms with Crippen molar-refractivity contribution in [3.63, 3.8) is 0 Å². The fraction of sp³-hybridized carbons (Fsp3) is 0.455. The number of anilines is 2. The van der Waals surface area contributed by atoms with Crippen LogP contribution in [0, 0.1) is 18.8 Å². The van der Waals surface area contributed by atoms with Crippen LogP contribution in [0.3, 0.4) is 0 Å². The Morgan fingerprint density at radius 2 is 1.79 bits per heavy atom. The summed E-state index contributed by atoms with van der Waals surface area (Å²) in [5.41, 5.74) is 6.75. The number of benzene rings is 1. The molecule has 0 saturated heterocycles. The number of nitrogens with two attached hydrogens (primary N) is 1. The third-order valence-electron chi connectivity index (χ3n) is 4.92. The van der Waals surface area contributed by atoms with Crippen LogP contribution in [-0.4, -0.2) is 42.2 Å². The number of nitrogen functional groups attached to an aromatic ring is 1. The summed E-state index contributed by atoms with van der Waals surface area (Å²) < 4.78 is 1.28. The Labute approximate surface area is 191 Å². The summed E-state index contributed by atoms with van der Waals surface area (Å²) in [5.74, 6) is 0.0468. The number of carbonyl (C=O) groups is 1. The summed E-state index contributed by atoms with van der Waals surface area (Å²) in [5, 5.41) is 12.3. The topological polar surface area (TPSA) is 145 Å². The number of hydrogen-bond donors (Lipinski definition) is 2. The molecular formula is C22H30N8O3. The van der Waals surface area contributed by atoms with Crippen LogP contribution in [0.25, 0.3) is 11.4 Å². The van der Waals surface area contributed by atoms with Crippen LogP contribution in [0.4, 0.5) is 11.5 Å². The molecular weight excluding hydrogens is 424 g/mol. The summed E-state index contributed by atoms with van der Waals surface area (Å²) in [6.45, 7) is 9.96. The predicted octanol–water partition coefficient (Wildman–Crippen LogP) is 1.43. The molecule has 0 unspecified atom stereocenters. The van der Waals surface area contributed by atoms with Crippen LogP contribution in [0.5, 0.6) is 0 Å². The molecule has 3 N–H and O–H groups in total. The van der Waals surface area contributed by atoms with E-state index in [9.17, 15) is 14.4 Å². The van der Waals surface area contributed by atoms with Crippen LogP contribution in [-0.2, 0) is 17.9 Å². The Morgan fingerprint density at radius 3 is 2.39 bits per heavy atom.